The maximum Gasteiger partial charge on any atom is 0.212 e. The molecule has 0 bridgehead atoms. The number of rotatable bonds is 6. The standard InChI is InChI=1S/C11H22N2O2S2/c1-11(2,3)6-7-17(14,15)13-9(10(12)16)8-4-5-8/h8-9,13H,4-7H2,1-3H3,(H2,12,16). The molecule has 3 N–H and O–H groups in total. The summed E-state index contributed by atoms with van der Waals surface area (Å²) in [6, 6.07) is -0.352. The van der Waals surface area contributed by atoms with Crippen molar-refractivity contribution >= 4 is 27.2 Å². The number of hydrogen-bond acceptors (Lipinski definition) is 3. The molecule has 1 aliphatic rings. The fourth-order valence-corrected chi connectivity index (χ4v) is 3.54. The fraction of sp³-hybridized carbons (Fsp3) is 0.909. The van der Waals surface area contributed by atoms with E-state index in [1.807, 2.05) is 20.8 Å². The molecule has 1 rings (SSSR count). The molecule has 6 heteroatoms. The first-order valence-electron chi connectivity index (χ1n) is 5.90. The largest absolute Gasteiger partial charge is 0.392 e. The Morgan fingerprint density at radius 2 is 2.00 bits per heavy atom. The van der Waals surface area contributed by atoms with Crippen LogP contribution >= 0.6 is 12.2 Å². The van der Waals surface area contributed by atoms with E-state index < -0.39 is 10.0 Å². The first-order valence-corrected chi connectivity index (χ1v) is 7.96. The summed E-state index contributed by atoms with van der Waals surface area (Å²) in [5.41, 5.74) is 5.58. The monoisotopic (exact) mass is 278 g/mol. The number of thiocarbonyl (C=S) groups is 1. The molecule has 0 heterocycles. The summed E-state index contributed by atoms with van der Waals surface area (Å²) in [6.45, 7) is 6.07. The highest BCUT2D eigenvalue weighted by molar-refractivity contribution is 7.89. The molecule has 0 saturated heterocycles. The first kappa shape index (κ1) is 14.9. The highest BCUT2D eigenvalue weighted by atomic mass is 32.2. The Bertz CT molecular complexity index is 381. The minimum absolute atomic E-state index is 0.00699. The van der Waals surface area contributed by atoms with Gasteiger partial charge in [-0.1, -0.05) is 33.0 Å². The molecular weight excluding hydrogens is 256 g/mol. The van der Waals surface area contributed by atoms with E-state index >= 15 is 0 Å². The molecule has 1 saturated carbocycles. The zero-order chi connectivity index (χ0) is 13.3. The van der Waals surface area contributed by atoms with Gasteiger partial charge in [-0.05, 0) is 30.6 Å². The first-order chi connectivity index (χ1) is 7.61. The van der Waals surface area contributed by atoms with E-state index in [2.05, 4.69) is 4.72 Å². The molecular formula is C11H22N2O2S2. The van der Waals surface area contributed by atoms with Gasteiger partial charge in [-0.2, -0.15) is 0 Å². The van der Waals surface area contributed by atoms with Gasteiger partial charge in [-0.25, -0.2) is 13.1 Å². The van der Waals surface area contributed by atoms with E-state index in [4.69, 9.17) is 18.0 Å². The third-order valence-electron chi connectivity index (χ3n) is 2.83. The van der Waals surface area contributed by atoms with E-state index in [0.717, 1.165) is 12.8 Å². The summed E-state index contributed by atoms with van der Waals surface area (Å²) in [4.78, 5) is 0.256. The van der Waals surface area contributed by atoms with E-state index in [1.165, 1.54) is 0 Å². The quantitative estimate of drug-likeness (QED) is 0.721. The maximum atomic E-state index is 11.9. The second kappa shape index (κ2) is 5.20. The Morgan fingerprint density at radius 1 is 1.47 bits per heavy atom. The third-order valence-corrected chi connectivity index (χ3v) is 4.44. The molecule has 100 valence electrons. The average Bonchev–Trinajstić information content (AvgIpc) is 2.93. The van der Waals surface area contributed by atoms with Crippen LogP contribution in [0.5, 0.6) is 0 Å². The summed E-state index contributed by atoms with van der Waals surface area (Å²) in [5, 5.41) is 0. The predicted molar refractivity (Wildman–Crippen MR) is 74.3 cm³/mol. The van der Waals surface area contributed by atoms with Crippen LogP contribution in [0.25, 0.3) is 0 Å². The van der Waals surface area contributed by atoms with Crippen molar-refractivity contribution in [3.05, 3.63) is 0 Å². The topological polar surface area (TPSA) is 72.2 Å². The summed E-state index contributed by atoms with van der Waals surface area (Å²) >= 11 is 4.91. The Balaban J connectivity index is 2.55. The van der Waals surface area contributed by atoms with Crippen molar-refractivity contribution in [2.24, 2.45) is 17.1 Å². The van der Waals surface area contributed by atoms with Crippen LogP contribution in [-0.4, -0.2) is 25.2 Å². The van der Waals surface area contributed by atoms with Gasteiger partial charge in [0.05, 0.1) is 16.8 Å². The highest BCUT2D eigenvalue weighted by Gasteiger charge is 2.35. The molecule has 0 aromatic rings. The van der Waals surface area contributed by atoms with Crippen molar-refractivity contribution in [1.29, 1.82) is 0 Å². The lowest BCUT2D eigenvalue weighted by Crippen LogP contribution is -2.46. The average molecular weight is 278 g/mol. The van der Waals surface area contributed by atoms with E-state index in [0.29, 0.717) is 12.3 Å². The van der Waals surface area contributed by atoms with Crippen LogP contribution in [0.1, 0.15) is 40.0 Å². The second-order valence-corrected chi connectivity index (χ2v) is 8.31. The lowest BCUT2D eigenvalue weighted by molar-refractivity contribution is 0.396. The third kappa shape index (κ3) is 5.79. The summed E-state index contributed by atoms with van der Waals surface area (Å²) in [6.07, 6.45) is 2.63. The van der Waals surface area contributed by atoms with Crippen molar-refractivity contribution in [2.45, 2.75) is 46.1 Å². The minimum atomic E-state index is -3.28. The summed E-state index contributed by atoms with van der Waals surface area (Å²) in [5.74, 6) is 0.430. The molecule has 1 unspecified atom stereocenters. The molecule has 1 fully saturated rings. The molecule has 1 atom stereocenters. The molecule has 0 radical (unpaired) electrons. The molecule has 0 aromatic heterocycles. The smallest absolute Gasteiger partial charge is 0.212 e. The lowest BCUT2D eigenvalue weighted by atomic mass is 9.94. The van der Waals surface area contributed by atoms with Gasteiger partial charge in [-0.15, -0.1) is 0 Å². The molecule has 0 amide bonds. The number of nitrogens with one attached hydrogen (secondary N) is 1. The Morgan fingerprint density at radius 3 is 2.35 bits per heavy atom. The summed E-state index contributed by atoms with van der Waals surface area (Å²) in [7, 11) is -3.28. The van der Waals surface area contributed by atoms with Crippen molar-refractivity contribution in [1.82, 2.24) is 4.72 Å². The van der Waals surface area contributed by atoms with Crippen molar-refractivity contribution in [3.63, 3.8) is 0 Å². The van der Waals surface area contributed by atoms with Gasteiger partial charge in [0.15, 0.2) is 0 Å². The van der Waals surface area contributed by atoms with Gasteiger partial charge in [0, 0.05) is 0 Å². The number of hydrogen-bond donors (Lipinski definition) is 2. The van der Waals surface area contributed by atoms with Gasteiger partial charge >= 0.3 is 0 Å². The van der Waals surface area contributed by atoms with Gasteiger partial charge in [-0.3, -0.25) is 0 Å². The van der Waals surface area contributed by atoms with E-state index in [9.17, 15) is 8.42 Å². The van der Waals surface area contributed by atoms with Crippen LogP contribution in [-0.2, 0) is 10.0 Å². The second-order valence-electron chi connectivity index (χ2n) is 5.96. The van der Waals surface area contributed by atoms with Crippen LogP contribution < -0.4 is 10.5 Å². The van der Waals surface area contributed by atoms with Crippen molar-refractivity contribution in [2.75, 3.05) is 5.75 Å². The highest BCUT2D eigenvalue weighted by Crippen LogP contribution is 2.33. The molecule has 17 heavy (non-hydrogen) atoms. The van der Waals surface area contributed by atoms with Crippen molar-refractivity contribution < 1.29 is 8.42 Å². The molecule has 1 aliphatic carbocycles. The Labute approximate surface area is 109 Å². The lowest BCUT2D eigenvalue weighted by Gasteiger charge is -2.20. The van der Waals surface area contributed by atoms with E-state index in [-0.39, 0.29) is 22.2 Å². The van der Waals surface area contributed by atoms with Crippen LogP contribution in [0.2, 0.25) is 0 Å². The normalized spacial score (nSPS) is 19.0. The van der Waals surface area contributed by atoms with Gasteiger partial charge in [0.2, 0.25) is 10.0 Å². The molecule has 0 aliphatic heterocycles. The zero-order valence-electron chi connectivity index (χ0n) is 10.7. The van der Waals surface area contributed by atoms with Gasteiger partial charge in [0.25, 0.3) is 0 Å². The zero-order valence-corrected chi connectivity index (χ0v) is 12.3. The van der Waals surface area contributed by atoms with E-state index in [1.54, 1.807) is 0 Å². The van der Waals surface area contributed by atoms with Gasteiger partial charge in [0.1, 0.15) is 0 Å². The predicted octanol–water partition coefficient (Wildman–Crippen LogP) is 1.41. The molecule has 0 spiro atoms. The Kier molecular flexibility index (Phi) is 4.54. The molecule has 4 nitrogen and oxygen atoms in total. The SMILES string of the molecule is CC(C)(C)CCS(=O)(=O)NC(C(N)=S)C1CC1. The van der Waals surface area contributed by atoms with Crippen LogP contribution in [0.15, 0.2) is 0 Å². The van der Waals surface area contributed by atoms with Crippen LogP contribution in [0.4, 0.5) is 0 Å². The molecule has 0 aromatic carbocycles. The number of sulfonamides is 1. The fourth-order valence-electron chi connectivity index (χ4n) is 1.51. The van der Waals surface area contributed by atoms with Crippen LogP contribution in [0, 0.1) is 11.3 Å². The van der Waals surface area contributed by atoms with Crippen molar-refractivity contribution in [3.8, 4) is 0 Å². The summed E-state index contributed by atoms with van der Waals surface area (Å²) < 4.78 is 26.4. The van der Waals surface area contributed by atoms with Crippen LogP contribution in [0.3, 0.4) is 0 Å². The Hall–Kier alpha value is -0.200. The minimum Gasteiger partial charge on any atom is -0.392 e. The van der Waals surface area contributed by atoms with Gasteiger partial charge < -0.3 is 5.73 Å². The number of nitrogens with two attached hydrogens (primary N) is 1. The maximum absolute atomic E-state index is 11.9.